The lowest BCUT2D eigenvalue weighted by Crippen LogP contribution is -2.36. The number of esters is 1. The number of benzene rings is 1. The molecule has 0 atom stereocenters. The molecule has 1 heterocycles. The van der Waals surface area contributed by atoms with Gasteiger partial charge in [-0.1, -0.05) is 31.1 Å². The summed E-state index contributed by atoms with van der Waals surface area (Å²) in [6.07, 6.45) is 1.69. The Morgan fingerprint density at radius 2 is 2.00 bits per heavy atom. The SMILES string of the molecule is CCC(CC)NC(=O)COC(=O)c1ccccc1SCc1cc(C)on1. The molecule has 6 nitrogen and oxygen atoms in total. The largest absolute Gasteiger partial charge is 0.452 e. The van der Waals surface area contributed by atoms with Crippen molar-refractivity contribution in [3.63, 3.8) is 0 Å². The fourth-order valence-electron chi connectivity index (χ4n) is 2.37. The van der Waals surface area contributed by atoms with Gasteiger partial charge in [-0.2, -0.15) is 0 Å². The van der Waals surface area contributed by atoms with Crippen LogP contribution in [-0.2, 0) is 15.3 Å². The molecule has 1 aromatic carbocycles. The van der Waals surface area contributed by atoms with Gasteiger partial charge in [0.05, 0.1) is 11.3 Å². The topological polar surface area (TPSA) is 81.4 Å². The Morgan fingerprint density at radius 3 is 2.65 bits per heavy atom. The maximum absolute atomic E-state index is 12.4. The number of carbonyl (C=O) groups excluding carboxylic acids is 2. The van der Waals surface area contributed by atoms with E-state index in [4.69, 9.17) is 9.26 Å². The first-order valence-corrected chi connectivity index (χ1v) is 9.62. The molecule has 0 radical (unpaired) electrons. The second-order valence-electron chi connectivity index (χ2n) is 5.87. The van der Waals surface area contributed by atoms with Crippen molar-refractivity contribution in [2.45, 2.75) is 50.3 Å². The highest BCUT2D eigenvalue weighted by Gasteiger charge is 2.16. The number of rotatable bonds is 9. The second-order valence-corrected chi connectivity index (χ2v) is 6.89. The molecular weight excluding hydrogens is 352 g/mol. The third-order valence-corrected chi connectivity index (χ3v) is 4.95. The average molecular weight is 376 g/mol. The third-order valence-electron chi connectivity index (χ3n) is 3.84. The number of carbonyl (C=O) groups is 2. The van der Waals surface area contributed by atoms with Crippen LogP contribution in [0, 0.1) is 6.92 Å². The van der Waals surface area contributed by atoms with E-state index in [-0.39, 0.29) is 18.6 Å². The molecule has 0 bridgehead atoms. The minimum Gasteiger partial charge on any atom is -0.452 e. The highest BCUT2D eigenvalue weighted by Crippen LogP contribution is 2.26. The molecule has 0 fully saturated rings. The van der Waals surface area contributed by atoms with E-state index < -0.39 is 5.97 Å². The van der Waals surface area contributed by atoms with Crippen molar-refractivity contribution in [3.05, 3.63) is 47.3 Å². The summed E-state index contributed by atoms with van der Waals surface area (Å²) in [4.78, 5) is 25.0. The first-order valence-electron chi connectivity index (χ1n) is 8.64. The van der Waals surface area contributed by atoms with E-state index in [0.29, 0.717) is 11.3 Å². The lowest BCUT2D eigenvalue weighted by molar-refractivity contribution is -0.125. The molecule has 7 heteroatoms. The number of nitrogens with one attached hydrogen (secondary N) is 1. The van der Waals surface area contributed by atoms with Gasteiger partial charge in [0.1, 0.15) is 5.76 Å². The number of nitrogens with zero attached hydrogens (tertiary/aromatic N) is 1. The van der Waals surface area contributed by atoms with Crippen molar-refractivity contribution >= 4 is 23.6 Å². The number of amides is 1. The van der Waals surface area contributed by atoms with Gasteiger partial charge in [-0.15, -0.1) is 11.8 Å². The molecular formula is C19H24N2O4S. The predicted molar refractivity (Wildman–Crippen MR) is 100 cm³/mol. The van der Waals surface area contributed by atoms with Crippen LogP contribution in [0.5, 0.6) is 0 Å². The lowest BCUT2D eigenvalue weighted by Gasteiger charge is -2.15. The van der Waals surface area contributed by atoms with Gasteiger partial charge in [0.15, 0.2) is 6.61 Å². The molecule has 0 saturated heterocycles. The number of thioether (sulfide) groups is 1. The van der Waals surface area contributed by atoms with Crippen LogP contribution < -0.4 is 5.32 Å². The Bertz CT molecular complexity index is 741. The summed E-state index contributed by atoms with van der Waals surface area (Å²) in [5, 5.41) is 6.79. The second kappa shape index (κ2) is 10.0. The number of hydrogen-bond donors (Lipinski definition) is 1. The van der Waals surface area contributed by atoms with E-state index in [1.54, 1.807) is 12.1 Å². The minimum absolute atomic E-state index is 0.106. The maximum Gasteiger partial charge on any atom is 0.339 e. The summed E-state index contributed by atoms with van der Waals surface area (Å²) >= 11 is 1.47. The van der Waals surface area contributed by atoms with Crippen LogP contribution in [0.25, 0.3) is 0 Å². The average Bonchev–Trinajstić information content (AvgIpc) is 3.08. The Kier molecular flexibility index (Phi) is 7.72. The van der Waals surface area contributed by atoms with Crippen LogP contribution in [-0.4, -0.2) is 29.7 Å². The highest BCUT2D eigenvalue weighted by molar-refractivity contribution is 7.98. The summed E-state index contributed by atoms with van der Waals surface area (Å²) in [6, 6.07) is 9.12. The first-order chi connectivity index (χ1) is 12.5. The molecule has 0 unspecified atom stereocenters. The van der Waals surface area contributed by atoms with Crippen LogP contribution in [0.15, 0.2) is 39.8 Å². The Hall–Kier alpha value is -2.28. The highest BCUT2D eigenvalue weighted by atomic mass is 32.2. The Balaban J connectivity index is 1.93. The van der Waals surface area contributed by atoms with Crippen LogP contribution in [0.3, 0.4) is 0 Å². The molecule has 2 rings (SSSR count). The summed E-state index contributed by atoms with van der Waals surface area (Å²) in [5.41, 5.74) is 1.24. The van der Waals surface area contributed by atoms with Crippen molar-refractivity contribution < 1.29 is 18.8 Å². The molecule has 0 aliphatic heterocycles. The molecule has 1 aromatic heterocycles. The van der Waals surface area contributed by atoms with Gasteiger partial charge in [0.2, 0.25) is 0 Å². The molecule has 0 spiro atoms. The smallest absolute Gasteiger partial charge is 0.339 e. The standard InChI is InChI=1S/C19H24N2O4S/c1-4-14(5-2)20-18(22)11-24-19(23)16-8-6-7-9-17(16)26-12-15-10-13(3)25-21-15/h6-10,14H,4-5,11-12H2,1-3H3,(H,20,22). The summed E-state index contributed by atoms with van der Waals surface area (Å²) < 4.78 is 10.2. The summed E-state index contributed by atoms with van der Waals surface area (Å²) in [7, 11) is 0. The fourth-order valence-corrected chi connectivity index (χ4v) is 3.29. The van der Waals surface area contributed by atoms with Gasteiger partial charge in [0.25, 0.3) is 5.91 Å². The van der Waals surface area contributed by atoms with Gasteiger partial charge in [-0.25, -0.2) is 4.79 Å². The molecule has 0 aliphatic rings. The third kappa shape index (κ3) is 5.91. The van der Waals surface area contributed by atoms with Crippen LogP contribution >= 0.6 is 11.8 Å². The number of aromatic nitrogens is 1. The van der Waals surface area contributed by atoms with Crippen LogP contribution in [0.4, 0.5) is 0 Å². The zero-order valence-corrected chi connectivity index (χ0v) is 16.1. The van der Waals surface area contributed by atoms with E-state index >= 15 is 0 Å². The van der Waals surface area contributed by atoms with Crippen molar-refractivity contribution in [1.82, 2.24) is 10.5 Å². The summed E-state index contributed by atoms with van der Waals surface area (Å²) in [5.74, 6) is 0.535. The van der Waals surface area contributed by atoms with Crippen molar-refractivity contribution in [2.75, 3.05) is 6.61 Å². The number of aryl methyl sites for hydroxylation is 1. The first kappa shape index (κ1) is 20.0. The van der Waals surface area contributed by atoms with Gasteiger partial charge in [-0.05, 0) is 31.9 Å². The van der Waals surface area contributed by atoms with Crippen molar-refractivity contribution in [2.24, 2.45) is 0 Å². The van der Waals surface area contributed by atoms with E-state index in [2.05, 4.69) is 10.5 Å². The zero-order valence-electron chi connectivity index (χ0n) is 15.3. The van der Waals surface area contributed by atoms with Crippen molar-refractivity contribution in [3.8, 4) is 0 Å². The molecule has 2 aromatic rings. The van der Waals surface area contributed by atoms with E-state index in [0.717, 1.165) is 29.2 Å². The monoisotopic (exact) mass is 376 g/mol. The molecule has 140 valence electrons. The van der Waals surface area contributed by atoms with E-state index in [9.17, 15) is 9.59 Å². The molecule has 1 N–H and O–H groups in total. The van der Waals surface area contributed by atoms with Crippen molar-refractivity contribution in [1.29, 1.82) is 0 Å². The molecule has 0 aliphatic carbocycles. The number of hydrogen-bond acceptors (Lipinski definition) is 6. The normalized spacial score (nSPS) is 10.8. The molecule has 0 saturated carbocycles. The Morgan fingerprint density at radius 1 is 1.27 bits per heavy atom. The zero-order chi connectivity index (χ0) is 18.9. The Labute approximate surface area is 157 Å². The van der Waals surface area contributed by atoms with Gasteiger partial charge < -0.3 is 14.6 Å². The van der Waals surface area contributed by atoms with E-state index in [1.165, 1.54) is 11.8 Å². The van der Waals surface area contributed by atoms with Gasteiger partial charge >= 0.3 is 5.97 Å². The number of ether oxygens (including phenoxy) is 1. The quantitative estimate of drug-likeness (QED) is 0.530. The maximum atomic E-state index is 12.4. The lowest BCUT2D eigenvalue weighted by atomic mass is 10.2. The summed E-state index contributed by atoms with van der Waals surface area (Å²) in [6.45, 7) is 5.56. The van der Waals surface area contributed by atoms with E-state index in [1.807, 2.05) is 39.0 Å². The van der Waals surface area contributed by atoms with Crippen LogP contribution in [0.2, 0.25) is 0 Å². The van der Waals surface area contributed by atoms with Gasteiger partial charge in [0, 0.05) is 22.8 Å². The minimum atomic E-state index is -0.510. The molecule has 26 heavy (non-hydrogen) atoms. The van der Waals surface area contributed by atoms with Gasteiger partial charge in [-0.3, -0.25) is 4.79 Å². The molecule has 1 amide bonds. The predicted octanol–water partition coefficient (Wildman–Crippen LogP) is 3.74. The fraction of sp³-hybridized carbons (Fsp3) is 0.421. The van der Waals surface area contributed by atoms with Crippen LogP contribution in [0.1, 0.15) is 48.5 Å².